The third-order valence-electron chi connectivity index (χ3n) is 6.06. The standard InChI is InChI=1S/C23H36N2O2/c1-23(2,27)13-11-19-8-7-9-20(18-19)22(26)25-16-4-3-10-21(25)12-17-24-14-5-6-15-24/h7-9,18,21,27H,3-6,10-17H2,1-2H3. The Kier molecular flexibility index (Phi) is 6.93. The fraction of sp³-hybridized carbons (Fsp3) is 0.696. The van der Waals surface area contributed by atoms with E-state index in [0.29, 0.717) is 12.5 Å². The molecular formula is C23H36N2O2. The number of carbonyl (C=O) groups is 1. The average molecular weight is 373 g/mol. The minimum absolute atomic E-state index is 0.186. The van der Waals surface area contributed by atoms with Gasteiger partial charge in [0.2, 0.25) is 0 Å². The first-order valence-electron chi connectivity index (χ1n) is 10.8. The number of hydrogen-bond acceptors (Lipinski definition) is 3. The lowest BCUT2D eigenvalue weighted by Gasteiger charge is -2.37. The molecule has 2 saturated heterocycles. The molecule has 1 aromatic rings. The summed E-state index contributed by atoms with van der Waals surface area (Å²) in [5.41, 5.74) is 1.26. The maximum absolute atomic E-state index is 13.2. The molecule has 4 heteroatoms. The molecule has 2 heterocycles. The van der Waals surface area contributed by atoms with Gasteiger partial charge >= 0.3 is 0 Å². The van der Waals surface area contributed by atoms with Gasteiger partial charge in [-0.1, -0.05) is 12.1 Å². The van der Waals surface area contributed by atoms with Gasteiger partial charge in [0, 0.05) is 24.7 Å². The summed E-state index contributed by atoms with van der Waals surface area (Å²) in [5.74, 6) is 0.186. The first-order chi connectivity index (χ1) is 12.9. The van der Waals surface area contributed by atoms with Crippen LogP contribution in [0.25, 0.3) is 0 Å². The molecule has 3 rings (SSSR count). The van der Waals surface area contributed by atoms with E-state index in [4.69, 9.17) is 0 Å². The van der Waals surface area contributed by atoms with Crippen LogP contribution in [-0.4, -0.2) is 58.6 Å². The number of rotatable bonds is 7. The lowest BCUT2D eigenvalue weighted by atomic mass is 9.96. The molecule has 0 aromatic heterocycles. The van der Waals surface area contributed by atoms with E-state index >= 15 is 0 Å². The Morgan fingerprint density at radius 2 is 1.89 bits per heavy atom. The number of nitrogens with zero attached hydrogens (tertiary/aromatic N) is 2. The predicted molar refractivity (Wildman–Crippen MR) is 110 cm³/mol. The van der Waals surface area contributed by atoms with Crippen LogP contribution in [0.4, 0.5) is 0 Å². The van der Waals surface area contributed by atoms with Crippen molar-refractivity contribution in [1.82, 2.24) is 9.80 Å². The SMILES string of the molecule is CC(C)(O)CCc1cccc(C(=O)N2CCCCC2CCN2CCCC2)c1. The van der Waals surface area contributed by atoms with E-state index in [9.17, 15) is 9.90 Å². The molecule has 0 saturated carbocycles. The number of benzene rings is 1. The molecule has 1 unspecified atom stereocenters. The molecule has 0 bridgehead atoms. The normalized spacial score (nSPS) is 21.6. The average Bonchev–Trinajstić information content (AvgIpc) is 3.18. The van der Waals surface area contributed by atoms with Gasteiger partial charge in [-0.05, 0) is 96.0 Å². The van der Waals surface area contributed by atoms with Crippen LogP contribution in [0.1, 0.15) is 74.7 Å². The van der Waals surface area contributed by atoms with E-state index in [-0.39, 0.29) is 5.91 Å². The van der Waals surface area contributed by atoms with E-state index in [1.165, 1.54) is 32.4 Å². The monoisotopic (exact) mass is 372 g/mol. The van der Waals surface area contributed by atoms with Gasteiger partial charge in [-0.15, -0.1) is 0 Å². The van der Waals surface area contributed by atoms with Crippen molar-refractivity contribution in [3.05, 3.63) is 35.4 Å². The van der Waals surface area contributed by atoms with E-state index in [1.807, 2.05) is 32.0 Å². The molecule has 0 radical (unpaired) electrons. The Hall–Kier alpha value is -1.39. The highest BCUT2D eigenvalue weighted by Crippen LogP contribution is 2.24. The molecule has 27 heavy (non-hydrogen) atoms. The molecule has 0 aliphatic carbocycles. The Labute approximate surface area is 164 Å². The summed E-state index contributed by atoms with van der Waals surface area (Å²) in [6.07, 6.45) is 8.73. The van der Waals surface area contributed by atoms with E-state index in [0.717, 1.165) is 49.9 Å². The highest BCUT2D eigenvalue weighted by Gasteiger charge is 2.28. The van der Waals surface area contributed by atoms with Crippen LogP contribution in [0.5, 0.6) is 0 Å². The predicted octanol–water partition coefficient (Wildman–Crippen LogP) is 3.87. The maximum atomic E-state index is 13.2. The van der Waals surface area contributed by atoms with Gasteiger partial charge in [0.1, 0.15) is 0 Å². The van der Waals surface area contributed by atoms with Crippen molar-refractivity contribution in [2.75, 3.05) is 26.2 Å². The first kappa shape index (κ1) is 20.3. The Morgan fingerprint density at radius 1 is 1.15 bits per heavy atom. The molecule has 0 spiro atoms. The van der Waals surface area contributed by atoms with Gasteiger partial charge < -0.3 is 14.9 Å². The molecule has 2 aliphatic rings. The Morgan fingerprint density at radius 3 is 2.63 bits per heavy atom. The molecule has 1 amide bonds. The minimum Gasteiger partial charge on any atom is -0.390 e. The number of amides is 1. The van der Waals surface area contributed by atoms with Gasteiger partial charge in [0.25, 0.3) is 5.91 Å². The molecule has 4 nitrogen and oxygen atoms in total. The minimum atomic E-state index is -0.673. The lowest BCUT2D eigenvalue weighted by Crippen LogP contribution is -2.45. The van der Waals surface area contributed by atoms with Crippen molar-refractivity contribution < 1.29 is 9.90 Å². The van der Waals surface area contributed by atoms with Crippen LogP contribution in [0, 0.1) is 0 Å². The summed E-state index contributed by atoms with van der Waals surface area (Å²) < 4.78 is 0. The summed E-state index contributed by atoms with van der Waals surface area (Å²) >= 11 is 0. The zero-order chi connectivity index (χ0) is 19.3. The van der Waals surface area contributed by atoms with Crippen LogP contribution in [0.2, 0.25) is 0 Å². The highest BCUT2D eigenvalue weighted by atomic mass is 16.3. The van der Waals surface area contributed by atoms with Crippen molar-refractivity contribution >= 4 is 5.91 Å². The van der Waals surface area contributed by atoms with E-state index in [1.54, 1.807) is 0 Å². The summed E-state index contributed by atoms with van der Waals surface area (Å²) in [6, 6.07) is 8.40. The van der Waals surface area contributed by atoms with Crippen LogP contribution in [0.15, 0.2) is 24.3 Å². The summed E-state index contributed by atoms with van der Waals surface area (Å²) in [6.45, 7) is 8.13. The molecular weight excluding hydrogens is 336 g/mol. The van der Waals surface area contributed by atoms with Crippen molar-refractivity contribution in [2.45, 2.75) is 76.9 Å². The fourth-order valence-corrected chi connectivity index (χ4v) is 4.38. The highest BCUT2D eigenvalue weighted by molar-refractivity contribution is 5.94. The maximum Gasteiger partial charge on any atom is 0.254 e. The van der Waals surface area contributed by atoms with Crippen LogP contribution < -0.4 is 0 Å². The number of likely N-dealkylation sites (tertiary alicyclic amines) is 2. The Balaban J connectivity index is 1.63. The van der Waals surface area contributed by atoms with Crippen LogP contribution in [0.3, 0.4) is 0 Å². The quantitative estimate of drug-likeness (QED) is 0.790. The molecule has 1 N–H and O–H groups in total. The first-order valence-corrected chi connectivity index (χ1v) is 10.8. The largest absolute Gasteiger partial charge is 0.390 e. The van der Waals surface area contributed by atoms with E-state index < -0.39 is 5.60 Å². The lowest BCUT2D eigenvalue weighted by molar-refractivity contribution is 0.0588. The summed E-state index contributed by atoms with van der Waals surface area (Å²) in [5, 5.41) is 9.97. The van der Waals surface area contributed by atoms with Crippen molar-refractivity contribution in [3.8, 4) is 0 Å². The van der Waals surface area contributed by atoms with Gasteiger partial charge in [-0.25, -0.2) is 0 Å². The zero-order valence-corrected chi connectivity index (χ0v) is 17.1. The molecule has 1 atom stereocenters. The molecule has 2 fully saturated rings. The fourth-order valence-electron chi connectivity index (χ4n) is 4.38. The van der Waals surface area contributed by atoms with Gasteiger partial charge in [0.05, 0.1) is 5.60 Å². The molecule has 1 aromatic carbocycles. The Bertz CT molecular complexity index is 617. The van der Waals surface area contributed by atoms with Crippen molar-refractivity contribution in [2.24, 2.45) is 0 Å². The van der Waals surface area contributed by atoms with Gasteiger partial charge in [-0.2, -0.15) is 0 Å². The summed E-state index contributed by atoms with van der Waals surface area (Å²) in [7, 11) is 0. The number of aryl methyl sites for hydroxylation is 1. The second-order valence-corrected chi connectivity index (χ2v) is 9.00. The number of hydrogen-bond donors (Lipinski definition) is 1. The third kappa shape index (κ3) is 6.05. The molecule has 150 valence electrons. The van der Waals surface area contributed by atoms with Crippen molar-refractivity contribution in [3.63, 3.8) is 0 Å². The number of aliphatic hydroxyl groups is 1. The smallest absolute Gasteiger partial charge is 0.254 e. The number of carbonyl (C=O) groups excluding carboxylic acids is 1. The number of piperidine rings is 1. The van der Waals surface area contributed by atoms with Crippen LogP contribution in [-0.2, 0) is 6.42 Å². The second kappa shape index (κ2) is 9.20. The summed E-state index contributed by atoms with van der Waals surface area (Å²) in [4.78, 5) is 17.9. The topological polar surface area (TPSA) is 43.8 Å². The second-order valence-electron chi connectivity index (χ2n) is 9.00. The van der Waals surface area contributed by atoms with Gasteiger partial charge in [-0.3, -0.25) is 4.79 Å². The molecule has 2 aliphatic heterocycles. The third-order valence-corrected chi connectivity index (χ3v) is 6.06. The van der Waals surface area contributed by atoms with Gasteiger partial charge in [0.15, 0.2) is 0 Å². The van der Waals surface area contributed by atoms with Crippen LogP contribution >= 0.6 is 0 Å². The van der Waals surface area contributed by atoms with Crippen molar-refractivity contribution in [1.29, 1.82) is 0 Å². The van der Waals surface area contributed by atoms with E-state index in [2.05, 4.69) is 15.9 Å². The zero-order valence-electron chi connectivity index (χ0n) is 17.1.